The number of hydrogen-bond acceptors (Lipinski definition) is 3. The van der Waals surface area contributed by atoms with Gasteiger partial charge >= 0.3 is 0 Å². The highest BCUT2D eigenvalue weighted by Crippen LogP contribution is 2.32. The van der Waals surface area contributed by atoms with Crippen molar-refractivity contribution in [2.24, 2.45) is 0 Å². The fourth-order valence-corrected chi connectivity index (χ4v) is 4.08. The number of para-hydroxylation sites is 1. The zero-order valence-corrected chi connectivity index (χ0v) is 15.1. The van der Waals surface area contributed by atoms with E-state index in [2.05, 4.69) is 46.1 Å². The minimum atomic E-state index is 0.0443. The maximum atomic E-state index is 12.3. The van der Waals surface area contributed by atoms with Crippen LogP contribution in [-0.2, 0) is 11.2 Å². The lowest BCUT2D eigenvalue weighted by Gasteiger charge is -2.16. The van der Waals surface area contributed by atoms with E-state index in [-0.39, 0.29) is 11.8 Å². The molecular weight excluding hydrogens is 344 g/mol. The van der Waals surface area contributed by atoms with E-state index in [9.17, 15) is 4.79 Å². The Hall–Kier alpha value is -2.79. The van der Waals surface area contributed by atoms with Crippen molar-refractivity contribution in [2.75, 3.05) is 6.54 Å². The molecule has 0 saturated carbocycles. The second kappa shape index (κ2) is 7.62. The Kier molecular flexibility index (Phi) is 4.88. The van der Waals surface area contributed by atoms with Crippen LogP contribution in [0, 0.1) is 0 Å². The number of benzene rings is 1. The topological polar surface area (TPSA) is 58.0 Å². The molecule has 5 heteroatoms. The number of furan rings is 1. The van der Waals surface area contributed by atoms with Crippen molar-refractivity contribution >= 4 is 28.1 Å². The van der Waals surface area contributed by atoms with Crippen molar-refractivity contribution < 1.29 is 9.21 Å². The van der Waals surface area contributed by atoms with E-state index in [1.807, 2.05) is 24.3 Å². The minimum Gasteiger partial charge on any atom is -0.469 e. The molecule has 0 spiro atoms. The van der Waals surface area contributed by atoms with Gasteiger partial charge in [0.05, 0.1) is 6.26 Å². The SMILES string of the molecule is O=C(CCc1ccco1)NCC(c1cccs1)c1c[nH]c2ccccc12. The van der Waals surface area contributed by atoms with Gasteiger partial charge in [-0.1, -0.05) is 24.3 Å². The molecule has 0 aliphatic heterocycles. The third-order valence-corrected chi connectivity index (χ3v) is 5.55. The summed E-state index contributed by atoms with van der Waals surface area (Å²) in [5.41, 5.74) is 2.34. The van der Waals surface area contributed by atoms with Gasteiger partial charge in [0, 0.05) is 47.3 Å². The Morgan fingerprint density at radius 1 is 1.15 bits per heavy atom. The number of amides is 1. The quantitative estimate of drug-likeness (QED) is 0.499. The number of aromatic nitrogens is 1. The molecule has 4 nitrogen and oxygen atoms in total. The number of rotatable bonds is 7. The van der Waals surface area contributed by atoms with Gasteiger partial charge in [0.1, 0.15) is 5.76 Å². The van der Waals surface area contributed by atoms with Crippen LogP contribution < -0.4 is 5.32 Å². The molecule has 0 radical (unpaired) electrons. The summed E-state index contributed by atoms with van der Waals surface area (Å²) in [7, 11) is 0. The molecule has 1 unspecified atom stereocenters. The van der Waals surface area contributed by atoms with Crippen molar-refractivity contribution in [3.05, 3.63) is 82.6 Å². The molecule has 0 fully saturated rings. The van der Waals surface area contributed by atoms with Crippen LogP contribution in [0.1, 0.15) is 28.5 Å². The molecule has 0 aliphatic rings. The third-order valence-electron chi connectivity index (χ3n) is 4.57. The monoisotopic (exact) mass is 364 g/mol. The molecule has 4 aromatic rings. The molecule has 26 heavy (non-hydrogen) atoms. The van der Waals surface area contributed by atoms with E-state index in [0.29, 0.717) is 19.4 Å². The summed E-state index contributed by atoms with van der Waals surface area (Å²) >= 11 is 1.72. The Balaban J connectivity index is 1.49. The highest BCUT2D eigenvalue weighted by atomic mass is 32.1. The smallest absolute Gasteiger partial charge is 0.220 e. The molecule has 0 bridgehead atoms. The van der Waals surface area contributed by atoms with Gasteiger partial charge < -0.3 is 14.7 Å². The number of aryl methyl sites for hydroxylation is 1. The standard InChI is InChI=1S/C21H20N2O2S/c24-21(10-9-15-5-3-11-25-15)23-14-18(20-8-4-12-26-20)17-13-22-19-7-2-1-6-16(17)19/h1-8,11-13,18,22H,9-10,14H2,(H,23,24). The van der Waals surface area contributed by atoms with Crippen LogP contribution in [0.25, 0.3) is 10.9 Å². The molecule has 0 saturated heterocycles. The average molecular weight is 364 g/mol. The molecule has 4 rings (SSSR count). The maximum absolute atomic E-state index is 12.3. The summed E-state index contributed by atoms with van der Waals surface area (Å²) in [6, 6.07) is 16.2. The maximum Gasteiger partial charge on any atom is 0.220 e. The molecule has 1 atom stereocenters. The molecule has 1 amide bonds. The molecule has 132 valence electrons. The number of fused-ring (bicyclic) bond motifs is 1. The van der Waals surface area contributed by atoms with Crippen LogP contribution in [0.4, 0.5) is 0 Å². The first-order chi connectivity index (χ1) is 12.8. The van der Waals surface area contributed by atoms with Crippen molar-refractivity contribution in [3.8, 4) is 0 Å². The highest BCUT2D eigenvalue weighted by molar-refractivity contribution is 7.10. The van der Waals surface area contributed by atoms with Crippen LogP contribution in [0.15, 0.2) is 70.8 Å². The summed E-state index contributed by atoms with van der Waals surface area (Å²) in [4.78, 5) is 16.9. The van der Waals surface area contributed by atoms with Crippen LogP contribution in [-0.4, -0.2) is 17.4 Å². The number of carbonyl (C=O) groups excluding carboxylic acids is 1. The predicted octanol–water partition coefficient (Wildman–Crippen LogP) is 4.70. The molecule has 1 aromatic carbocycles. The lowest BCUT2D eigenvalue weighted by atomic mass is 9.96. The number of H-pyrrole nitrogens is 1. The molecule has 3 heterocycles. The lowest BCUT2D eigenvalue weighted by molar-refractivity contribution is -0.121. The summed E-state index contributed by atoms with van der Waals surface area (Å²) in [6.07, 6.45) is 4.75. The fourth-order valence-electron chi connectivity index (χ4n) is 3.23. The Morgan fingerprint density at radius 3 is 2.88 bits per heavy atom. The van der Waals surface area contributed by atoms with E-state index in [1.165, 1.54) is 15.8 Å². The normalized spacial score (nSPS) is 12.3. The van der Waals surface area contributed by atoms with Gasteiger partial charge in [0.2, 0.25) is 5.91 Å². The molecule has 2 N–H and O–H groups in total. The summed E-state index contributed by atoms with van der Waals surface area (Å²) in [5.74, 6) is 1.02. The number of aromatic amines is 1. The Bertz CT molecular complexity index is 971. The zero-order valence-electron chi connectivity index (χ0n) is 14.3. The average Bonchev–Trinajstić information content (AvgIpc) is 3.42. The lowest BCUT2D eigenvalue weighted by Crippen LogP contribution is -2.28. The van der Waals surface area contributed by atoms with Crippen molar-refractivity contribution in [1.82, 2.24) is 10.3 Å². The van der Waals surface area contributed by atoms with Gasteiger partial charge in [-0.15, -0.1) is 11.3 Å². The number of nitrogens with one attached hydrogen (secondary N) is 2. The summed E-state index contributed by atoms with van der Waals surface area (Å²) in [6.45, 7) is 0.583. The molecule has 3 aromatic heterocycles. The van der Waals surface area contributed by atoms with Crippen LogP contribution >= 0.6 is 11.3 Å². The zero-order chi connectivity index (χ0) is 17.8. The predicted molar refractivity (Wildman–Crippen MR) is 104 cm³/mol. The van der Waals surface area contributed by atoms with Gasteiger partial charge in [-0.2, -0.15) is 0 Å². The summed E-state index contributed by atoms with van der Waals surface area (Å²) < 4.78 is 5.29. The van der Waals surface area contributed by atoms with Gasteiger partial charge in [0.15, 0.2) is 0 Å². The second-order valence-corrected chi connectivity index (χ2v) is 7.22. The first-order valence-electron chi connectivity index (χ1n) is 8.70. The van der Waals surface area contributed by atoms with Crippen molar-refractivity contribution in [1.29, 1.82) is 0 Å². The second-order valence-electron chi connectivity index (χ2n) is 6.24. The number of hydrogen-bond donors (Lipinski definition) is 2. The van der Waals surface area contributed by atoms with Gasteiger partial charge in [-0.3, -0.25) is 4.79 Å². The van der Waals surface area contributed by atoms with E-state index in [4.69, 9.17) is 4.42 Å². The third kappa shape index (κ3) is 3.58. The van der Waals surface area contributed by atoms with Crippen LogP contribution in [0.2, 0.25) is 0 Å². The molecule has 0 aliphatic carbocycles. The van der Waals surface area contributed by atoms with Gasteiger partial charge in [0.25, 0.3) is 0 Å². The summed E-state index contributed by atoms with van der Waals surface area (Å²) in [5, 5.41) is 6.38. The fraction of sp³-hybridized carbons (Fsp3) is 0.190. The van der Waals surface area contributed by atoms with Crippen molar-refractivity contribution in [2.45, 2.75) is 18.8 Å². The number of carbonyl (C=O) groups is 1. The minimum absolute atomic E-state index is 0.0443. The van der Waals surface area contributed by atoms with E-state index < -0.39 is 0 Å². The first kappa shape index (κ1) is 16.7. The van der Waals surface area contributed by atoms with E-state index in [0.717, 1.165) is 11.3 Å². The Morgan fingerprint density at radius 2 is 2.08 bits per heavy atom. The van der Waals surface area contributed by atoms with Crippen LogP contribution in [0.3, 0.4) is 0 Å². The van der Waals surface area contributed by atoms with E-state index in [1.54, 1.807) is 17.6 Å². The highest BCUT2D eigenvalue weighted by Gasteiger charge is 2.20. The van der Waals surface area contributed by atoms with Gasteiger partial charge in [-0.25, -0.2) is 0 Å². The largest absolute Gasteiger partial charge is 0.469 e. The first-order valence-corrected chi connectivity index (χ1v) is 9.58. The number of thiophene rings is 1. The van der Waals surface area contributed by atoms with Crippen LogP contribution in [0.5, 0.6) is 0 Å². The van der Waals surface area contributed by atoms with E-state index >= 15 is 0 Å². The molecular formula is C21H20N2O2S. The Labute approximate surface area is 155 Å². The van der Waals surface area contributed by atoms with Crippen molar-refractivity contribution in [3.63, 3.8) is 0 Å². The van der Waals surface area contributed by atoms with Gasteiger partial charge in [-0.05, 0) is 35.2 Å².